The Bertz CT molecular complexity index is 656. The lowest BCUT2D eigenvalue weighted by atomic mass is 10.1. The molecule has 1 aliphatic heterocycles. The Morgan fingerprint density at radius 2 is 1.95 bits per heavy atom. The normalized spacial score (nSPS) is 15.4. The van der Waals surface area contributed by atoms with Gasteiger partial charge in [-0.1, -0.05) is 0 Å². The van der Waals surface area contributed by atoms with Crippen molar-refractivity contribution >= 4 is 5.69 Å². The van der Waals surface area contributed by atoms with E-state index in [2.05, 4.69) is 10.00 Å². The van der Waals surface area contributed by atoms with Crippen LogP contribution in [-0.4, -0.2) is 28.0 Å². The fourth-order valence-electron chi connectivity index (χ4n) is 2.61. The van der Waals surface area contributed by atoms with Crippen molar-refractivity contribution in [3.63, 3.8) is 0 Å². The van der Waals surface area contributed by atoms with Crippen molar-refractivity contribution in [1.82, 2.24) is 9.78 Å². The zero-order valence-corrected chi connectivity index (χ0v) is 11.9. The number of hydrogen-bond donors (Lipinski definition) is 1. The highest BCUT2D eigenvalue weighted by molar-refractivity contribution is 5.43. The van der Waals surface area contributed by atoms with Gasteiger partial charge in [-0.25, -0.2) is 4.68 Å². The third kappa shape index (κ3) is 3.16. The standard InChI is InChI=1S/C15H19N3O3/c19-11-14-5-4-13(21-14)10-18-15(20)8-12(9-16-18)17-6-2-1-3-7-17/h4-5,8-9,19H,1-3,6-7,10-11H2. The van der Waals surface area contributed by atoms with Crippen LogP contribution >= 0.6 is 0 Å². The van der Waals surface area contributed by atoms with Gasteiger partial charge in [0.1, 0.15) is 24.7 Å². The third-order valence-electron chi connectivity index (χ3n) is 3.76. The summed E-state index contributed by atoms with van der Waals surface area (Å²) in [6.45, 7) is 2.11. The Morgan fingerprint density at radius 3 is 2.62 bits per heavy atom. The van der Waals surface area contributed by atoms with Crippen LogP contribution in [0.4, 0.5) is 5.69 Å². The second-order valence-corrected chi connectivity index (χ2v) is 5.28. The fourth-order valence-corrected chi connectivity index (χ4v) is 2.61. The van der Waals surface area contributed by atoms with Gasteiger partial charge in [-0.2, -0.15) is 5.10 Å². The maximum absolute atomic E-state index is 12.1. The fraction of sp³-hybridized carbons (Fsp3) is 0.467. The molecule has 0 saturated carbocycles. The molecule has 0 bridgehead atoms. The predicted molar refractivity (Wildman–Crippen MR) is 78.3 cm³/mol. The van der Waals surface area contributed by atoms with Crippen LogP contribution in [-0.2, 0) is 13.2 Å². The minimum atomic E-state index is -0.143. The topological polar surface area (TPSA) is 71.5 Å². The van der Waals surface area contributed by atoms with E-state index in [1.54, 1.807) is 24.4 Å². The summed E-state index contributed by atoms with van der Waals surface area (Å²) < 4.78 is 6.75. The van der Waals surface area contributed by atoms with Gasteiger partial charge in [0, 0.05) is 19.2 Å². The summed E-state index contributed by atoms with van der Waals surface area (Å²) in [5.41, 5.74) is 0.756. The van der Waals surface area contributed by atoms with Gasteiger partial charge in [-0.05, 0) is 31.4 Å². The Labute approximate surface area is 122 Å². The Hall–Kier alpha value is -2.08. The number of aromatic nitrogens is 2. The molecule has 0 amide bonds. The van der Waals surface area contributed by atoms with Gasteiger partial charge in [0.25, 0.3) is 5.56 Å². The number of furan rings is 1. The van der Waals surface area contributed by atoms with E-state index in [9.17, 15) is 4.79 Å². The largest absolute Gasteiger partial charge is 0.462 e. The van der Waals surface area contributed by atoms with E-state index in [4.69, 9.17) is 9.52 Å². The molecular formula is C15H19N3O3. The van der Waals surface area contributed by atoms with E-state index >= 15 is 0 Å². The summed E-state index contributed by atoms with van der Waals surface area (Å²) in [6.07, 6.45) is 5.33. The molecule has 3 heterocycles. The molecule has 21 heavy (non-hydrogen) atoms. The van der Waals surface area contributed by atoms with Crippen molar-refractivity contribution in [1.29, 1.82) is 0 Å². The lowest BCUT2D eigenvalue weighted by molar-refractivity contribution is 0.242. The van der Waals surface area contributed by atoms with Gasteiger partial charge < -0.3 is 14.4 Å². The number of anilines is 1. The molecule has 1 N–H and O–H groups in total. The number of aliphatic hydroxyl groups excluding tert-OH is 1. The highest BCUT2D eigenvalue weighted by Crippen LogP contribution is 2.17. The second kappa shape index (κ2) is 6.13. The van der Waals surface area contributed by atoms with Crippen molar-refractivity contribution < 1.29 is 9.52 Å². The first-order valence-electron chi connectivity index (χ1n) is 7.27. The highest BCUT2D eigenvalue weighted by Gasteiger charge is 2.13. The molecule has 1 fully saturated rings. The average Bonchev–Trinajstić information content (AvgIpc) is 2.98. The smallest absolute Gasteiger partial charge is 0.269 e. The SMILES string of the molecule is O=c1cc(N2CCCCC2)cnn1Cc1ccc(CO)o1. The van der Waals surface area contributed by atoms with Crippen LogP contribution in [0.3, 0.4) is 0 Å². The van der Waals surface area contributed by atoms with Crippen LogP contribution in [0, 0.1) is 0 Å². The molecule has 6 nitrogen and oxygen atoms in total. The summed E-state index contributed by atoms with van der Waals surface area (Å²) in [5, 5.41) is 13.2. The van der Waals surface area contributed by atoms with Crippen LogP contribution in [0.5, 0.6) is 0 Å². The van der Waals surface area contributed by atoms with Crippen LogP contribution in [0.15, 0.2) is 33.6 Å². The van der Waals surface area contributed by atoms with Crippen molar-refractivity contribution in [2.24, 2.45) is 0 Å². The molecule has 3 rings (SSSR count). The summed E-state index contributed by atoms with van der Waals surface area (Å²) in [7, 11) is 0. The number of aliphatic hydroxyl groups is 1. The second-order valence-electron chi connectivity index (χ2n) is 5.28. The number of hydrogen-bond acceptors (Lipinski definition) is 5. The molecule has 6 heteroatoms. The van der Waals surface area contributed by atoms with Crippen LogP contribution < -0.4 is 10.5 Å². The monoisotopic (exact) mass is 289 g/mol. The molecule has 0 atom stereocenters. The summed E-state index contributed by atoms with van der Waals surface area (Å²) in [6, 6.07) is 5.08. The van der Waals surface area contributed by atoms with E-state index in [1.807, 2.05) is 0 Å². The van der Waals surface area contributed by atoms with E-state index in [0.29, 0.717) is 11.5 Å². The van der Waals surface area contributed by atoms with Crippen LogP contribution in [0.25, 0.3) is 0 Å². The van der Waals surface area contributed by atoms with Crippen LogP contribution in [0.1, 0.15) is 30.8 Å². The molecule has 1 saturated heterocycles. The first-order chi connectivity index (χ1) is 10.3. The summed E-state index contributed by atoms with van der Waals surface area (Å²) in [4.78, 5) is 14.4. The average molecular weight is 289 g/mol. The third-order valence-corrected chi connectivity index (χ3v) is 3.76. The minimum absolute atomic E-state index is 0.139. The van der Waals surface area contributed by atoms with Crippen LogP contribution in [0.2, 0.25) is 0 Å². The lowest BCUT2D eigenvalue weighted by Gasteiger charge is -2.28. The quantitative estimate of drug-likeness (QED) is 0.920. The molecule has 0 aromatic carbocycles. The maximum Gasteiger partial charge on any atom is 0.269 e. The number of rotatable bonds is 4. The van der Waals surface area contributed by atoms with Gasteiger partial charge in [0.15, 0.2) is 0 Å². The van der Waals surface area contributed by atoms with Gasteiger partial charge >= 0.3 is 0 Å². The lowest BCUT2D eigenvalue weighted by Crippen LogP contribution is -2.32. The van der Waals surface area contributed by atoms with Gasteiger partial charge in [-0.3, -0.25) is 4.79 Å². The molecule has 112 valence electrons. The van der Waals surface area contributed by atoms with Crippen molar-refractivity contribution in [2.75, 3.05) is 18.0 Å². The zero-order chi connectivity index (χ0) is 14.7. The van der Waals surface area contributed by atoms with E-state index in [0.717, 1.165) is 18.8 Å². The Morgan fingerprint density at radius 1 is 1.19 bits per heavy atom. The summed E-state index contributed by atoms with van der Waals surface area (Å²) >= 11 is 0. The highest BCUT2D eigenvalue weighted by atomic mass is 16.4. The molecule has 0 unspecified atom stereocenters. The molecule has 2 aromatic rings. The predicted octanol–water partition coefficient (Wildman–Crippen LogP) is 1.37. The van der Waals surface area contributed by atoms with Crippen molar-refractivity contribution in [3.05, 3.63) is 46.3 Å². The molecule has 0 radical (unpaired) electrons. The molecule has 2 aromatic heterocycles. The molecule has 1 aliphatic rings. The molecular weight excluding hydrogens is 270 g/mol. The maximum atomic E-state index is 12.1. The van der Waals surface area contributed by atoms with Gasteiger partial charge in [-0.15, -0.1) is 0 Å². The Kier molecular flexibility index (Phi) is 4.06. The summed E-state index contributed by atoms with van der Waals surface area (Å²) in [5.74, 6) is 1.10. The molecule has 0 spiro atoms. The molecule has 0 aliphatic carbocycles. The van der Waals surface area contributed by atoms with E-state index in [-0.39, 0.29) is 18.7 Å². The van der Waals surface area contributed by atoms with E-state index in [1.165, 1.54) is 23.9 Å². The number of nitrogens with zero attached hydrogens (tertiary/aromatic N) is 3. The van der Waals surface area contributed by atoms with Gasteiger partial charge in [0.05, 0.1) is 11.9 Å². The first-order valence-corrected chi connectivity index (χ1v) is 7.27. The van der Waals surface area contributed by atoms with E-state index < -0.39 is 0 Å². The number of piperidine rings is 1. The Balaban J connectivity index is 1.76. The van der Waals surface area contributed by atoms with Crippen molar-refractivity contribution in [2.45, 2.75) is 32.4 Å². The van der Waals surface area contributed by atoms with Gasteiger partial charge in [0.2, 0.25) is 0 Å². The van der Waals surface area contributed by atoms with Crippen molar-refractivity contribution in [3.8, 4) is 0 Å². The minimum Gasteiger partial charge on any atom is -0.462 e. The first kappa shape index (κ1) is 13.9. The zero-order valence-electron chi connectivity index (χ0n) is 11.9.